The fraction of sp³-hybridized carbons (Fsp3) is 0.143. The van der Waals surface area contributed by atoms with Crippen molar-refractivity contribution < 1.29 is 5.11 Å². The first-order chi connectivity index (χ1) is 5.13. The second-order valence-electron chi connectivity index (χ2n) is 2.31. The molecule has 0 aromatic heterocycles. The lowest BCUT2D eigenvalue weighted by Crippen LogP contribution is -2.18. The Bertz CT molecular complexity index is 263. The lowest BCUT2D eigenvalue weighted by Gasteiger charge is -2.05. The fourth-order valence-electron chi connectivity index (χ4n) is 0.858. The minimum absolute atomic E-state index is 0.245. The van der Waals surface area contributed by atoms with Crippen LogP contribution >= 0.6 is 22.2 Å². The number of aryl methyl sites for hydroxylation is 1. The van der Waals surface area contributed by atoms with Crippen LogP contribution in [0.1, 0.15) is 5.56 Å². The van der Waals surface area contributed by atoms with E-state index in [2.05, 4.69) is 0 Å². The van der Waals surface area contributed by atoms with Crippen LogP contribution in [-0.4, -0.2) is 12.5 Å². The molecule has 0 aliphatic rings. The van der Waals surface area contributed by atoms with Gasteiger partial charge < -0.3 is 5.11 Å². The van der Waals surface area contributed by atoms with Gasteiger partial charge in [0.25, 0.3) is 7.42 Å². The van der Waals surface area contributed by atoms with E-state index in [9.17, 15) is 5.11 Å². The summed E-state index contributed by atoms with van der Waals surface area (Å²) in [6, 6.07) is 5.43. The predicted molar refractivity (Wildman–Crippen MR) is 51.3 cm³/mol. The van der Waals surface area contributed by atoms with Crippen molar-refractivity contribution in [3.8, 4) is 5.75 Å². The standard InChI is InChI=1S/C7H8Cl2OSi/c1-5-3-2-4-6(7(5)10)11(8)9/h2-4,10-11H,1H3. The maximum Gasteiger partial charge on any atom is 0.270 e. The van der Waals surface area contributed by atoms with Gasteiger partial charge in [-0.05, 0) is 12.5 Å². The Morgan fingerprint density at radius 1 is 1.36 bits per heavy atom. The molecule has 0 radical (unpaired) electrons. The number of benzene rings is 1. The summed E-state index contributed by atoms with van der Waals surface area (Å²) in [5.74, 6) is 0.245. The van der Waals surface area contributed by atoms with Crippen molar-refractivity contribution in [3.05, 3.63) is 23.8 Å². The van der Waals surface area contributed by atoms with Gasteiger partial charge in [-0.15, -0.1) is 22.2 Å². The fourth-order valence-corrected chi connectivity index (χ4v) is 2.61. The zero-order chi connectivity index (χ0) is 8.43. The molecular weight excluding hydrogens is 199 g/mol. The highest BCUT2D eigenvalue weighted by molar-refractivity contribution is 7.39. The maximum absolute atomic E-state index is 9.43. The summed E-state index contributed by atoms with van der Waals surface area (Å²) in [6.07, 6.45) is 0. The Hall–Kier alpha value is -0.183. The molecule has 1 aromatic rings. The molecular formula is C7H8Cl2OSi. The Morgan fingerprint density at radius 2 is 2.00 bits per heavy atom. The molecule has 0 unspecified atom stereocenters. The van der Waals surface area contributed by atoms with Gasteiger partial charge >= 0.3 is 0 Å². The second-order valence-corrected chi connectivity index (χ2v) is 6.83. The van der Waals surface area contributed by atoms with E-state index in [1.54, 1.807) is 6.07 Å². The SMILES string of the molecule is Cc1cccc([SiH](Cl)Cl)c1O. The van der Waals surface area contributed by atoms with Crippen LogP contribution in [0, 0.1) is 6.92 Å². The first kappa shape index (κ1) is 8.91. The molecule has 60 valence electrons. The molecule has 0 fully saturated rings. The van der Waals surface area contributed by atoms with Crippen LogP contribution in [0.5, 0.6) is 5.75 Å². The third-order valence-electron chi connectivity index (χ3n) is 1.50. The van der Waals surface area contributed by atoms with Gasteiger partial charge in [-0.2, -0.15) is 0 Å². The van der Waals surface area contributed by atoms with Gasteiger partial charge in [0.2, 0.25) is 0 Å². The normalized spacial score (nSPS) is 10.5. The highest BCUT2D eigenvalue weighted by Crippen LogP contribution is 2.14. The maximum atomic E-state index is 9.43. The Balaban J connectivity index is 3.17. The Morgan fingerprint density at radius 3 is 2.45 bits per heavy atom. The van der Waals surface area contributed by atoms with E-state index in [1.807, 2.05) is 19.1 Å². The molecule has 4 heteroatoms. The van der Waals surface area contributed by atoms with Gasteiger partial charge in [-0.1, -0.05) is 18.2 Å². The van der Waals surface area contributed by atoms with Crippen molar-refractivity contribution in [2.75, 3.05) is 0 Å². The van der Waals surface area contributed by atoms with Crippen LogP contribution in [0.25, 0.3) is 0 Å². The van der Waals surface area contributed by atoms with Gasteiger partial charge in [0.05, 0.1) is 0 Å². The average Bonchev–Trinajstić information content (AvgIpc) is 1.94. The molecule has 0 saturated heterocycles. The lowest BCUT2D eigenvalue weighted by atomic mass is 10.2. The van der Waals surface area contributed by atoms with E-state index in [1.165, 1.54) is 0 Å². The zero-order valence-corrected chi connectivity index (χ0v) is 8.68. The van der Waals surface area contributed by atoms with Gasteiger partial charge in [0.1, 0.15) is 5.75 Å². The summed E-state index contributed by atoms with van der Waals surface area (Å²) in [6.45, 7) is 1.82. The van der Waals surface area contributed by atoms with Crippen LogP contribution < -0.4 is 5.19 Å². The summed E-state index contributed by atoms with van der Waals surface area (Å²) in [4.78, 5) is 0. The molecule has 1 rings (SSSR count). The topological polar surface area (TPSA) is 20.2 Å². The minimum Gasteiger partial charge on any atom is -0.508 e. The molecule has 0 aliphatic carbocycles. The second kappa shape index (κ2) is 3.48. The van der Waals surface area contributed by atoms with E-state index >= 15 is 0 Å². The van der Waals surface area contributed by atoms with Gasteiger partial charge in [-0.3, -0.25) is 0 Å². The molecule has 0 atom stereocenters. The van der Waals surface area contributed by atoms with Gasteiger partial charge in [0, 0.05) is 5.19 Å². The quantitative estimate of drug-likeness (QED) is 0.547. The summed E-state index contributed by atoms with van der Waals surface area (Å²) < 4.78 is 0. The largest absolute Gasteiger partial charge is 0.508 e. The van der Waals surface area contributed by atoms with E-state index in [4.69, 9.17) is 22.2 Å². The van der Waals surface area contributed by atoms with Crippen LogP contribution in [0.15, 0.2) is 18.2 Å². The van der Waals surface area contributed by atoms with Crippen molar-refractivity contribution in [2.24, 2.45) is 0 Å². The summed E-state index contributed by atoms with van der Waals surface area (Å²) in [7, 11) is -1.90. The zero-order valence-electron chi connectivity index (χ0n) is 6.01. The van der Waals surface area contributed by atoms with Crippen LogP contribution in [0.4, 0.5) is 0 Å². The molecule has 11 heavy (non-hydrogen) atoms. The molecule has 0 heterocycles. The minimum atomic E-state index is -1.90. The Kier molecular flexibility index (Phi) is 2.82. The number of rotatable bonds is 1. The van der Waals surface area contributed by atoms with E-state index in [-0.39, 0.29) is 5.75 Å². The van der Waals surface area contributed by atoms with E-state index in [0.717, 1.165) is 5.56 Å². The first-order valence-corrected chi connectivity index (χ1v) is 7.26. The average molecular weight is 207 g/mol. The smallest absolute Gasteiger partial charge is 0.270 e. The third kappa shape index (κ3) is 1.89. The van der Waals surface area contributed by atoms with Crippen molar-refractivity contribution in [1.82, 2.24) is 0 Å². The number of hydrogen-bond acceptors (Lipinski definition) is 1. The molecule has 1 nitrogen and oxygen atoms in total. The third-order valence-corrected chi connectivity index (χ3v) is 3.85. The molecule has 1 aromatic carbocycles. The number of halogens is 2. The molecule has 0 spiro atoms. The molecule has 0 bridgehead atoms. The highest BCUT2D eigenvalue weighted by Gasteiger charge is 2.11. The molecule has 0 amide bonds. The van der Waals surface area contributed by atoms with Crippen molar-refractivity contribution in [2.45, 2.75) is 6.92 Å². The highest BCUT2D eigenvalue weighted by atomic mass is 35.7. The Labute approximate surface area is 76.6 Å². The van der Waals surface area contributed by atoms with Crippen molar-refractivity contribution >= 4 is 34.8 Å². The number of aromatic hydroxyl groups is 1. The molecule has 0 aliphatic heterocycles. The van der Waals surface area contributed by atoms with Crippen LogP contribution in [0.3, 0.4) is 0 Å². The summed E-state index contributed by atoms with van der Waals surface area (Å²) >= 11 is 11.4. The predicted octanol–water partition coefficient (Wildman–Crippen LogP) is 1.61. The summed E-state index contributed by atoms with van der Waals surface area (Å²) in [5.41, 5.74) is 0.821. The van der Waals surface area contributed by atoms with Crippen LogP contribution in [0.2, 0.25) is 0 Å². The summed E-state index contributed by atoms with van der Waals surface area (Å²) in [5, 5.41) is 10.1. The van der Waals surface area contributed by atoms with Crippen molar-refractivity contribution in [1.29, 1.82) is 0 Å². The molecule has 0 saturated carbocycles. The van der Waals surface area contributed by atoms with E-state index in [0.29, 0.717) is 5.19 Å². The van der Waals surface area contributed by atoms with Gasteiger partial charge in [0.15, 0.2) is 0 Å². The number of hydrogen-bond donors (Lipinski definition) is 1. The molecule has 1 N–H and O–H groups in total. The number of para-hydroxylation sites is 1. The van der Waals surface area contributed by atoms with E-state index < -0.39 is 7.42 Å². The number of phenols is 1. The van der Waals surface area contributed by atoms with Crippen LogP contribution in [-0.2, 0) is 0 Å². The monoisotopic (exact) mass is 206 g/mol. The first-order valence-electron chi connectivity index (χ1n) is 3.19. The number of phenolic OH excluding ortho intramolecular Hbond substituents is 1. The lowest BCUT2D eigenvalue weighted by molar-refractivity contribution is 0.475. The van der Waals surface area contributed by atoms with Gasteiger partial charge in [-0.25, -0.2) is 0 Å². The van der Waals surface area contributed by atoms with Crippen molar-refractivity contribution in [3.63, 3.8) is 0 Å².